The van der Waals surface area contributed by atoms with Crippen LogP contribution in [0.4, 0.5) is 23.1 Å². The molecular weight excluding hydrogens is 326 g/mol. The molecule has 0 unspecified atom stereocenters. The van der Waals surface area contributed by atoms with Gasteiger partial charge >= 0.3 is 0 Å². The molecule has 1 aliphatic rings. The number of nitrogens with zero attached hydrogens (tertiary/aromatic N) is 3. The van der Waals surface area contributed by atoms with Gasteiger partial charge in [0, 0.05) is 31.4 Å². The number of hydrogen-bond acceptors (Lipinski definition) is 6. The second-order valence-corrected chi connectivity index (χ2v) is 7.07. The van der Waals surface area contributed by atoms with Crippen molar-refractivity contribution in [2.75, 3.05) is 48.4 Å². The van der Waals surface area contributed by atoms with Gasteiger partial charge in [0.15, 0.2) is 0 Å². The number of benzene rings is 1. The van der Waals surface area contributed by atoms with Crippen LogP contribution in [-0.4, -0.2) is 42.8 Å². The molecule has 2 heterocycles. The zero-order valence-corrected chi connectivity index (χ0v) is 16.0. The van der Waals surface area contributed by atoms with Crippen molar-refractivity contribution in [3.63, 3.8) is 0 Å². The Morgan fingerprint density at radius 2 is 1.92 bits per heavy atom. The van der Waals surface area contributed by atoms with Gasteiger partial charge in [-0.25, -0.2) is 4.98 Å². The van der Waals surface area contributed by atoms with Crippen LogP contribution in [0.5, 0.6) is 0 Å². The number of hydrogen-bond donors (Lipinski definition) is 2. The molecule has 0 atom stereocenters. The fourth-order valence-corrected chi connectivity index (χ4v) is 2.98. The Hall–Kier alpha value is -2.34. The number of para-hydroxylation sites is 2. The molecule has 2 N–H and O–H groups in total. The van der Waals surface area contributed by atoms with E-state index in [0.29, 0.717) is 11.9 Å². The Balaban J connectivity index is 1.75. The van der Waals surface area contributed by atoms with Crippen LogP contribution >= 0.6 is 0 Å². The predicted molar refractivity (Wildman–Crippen MR) is 107 cm³/mol. The minimum atomic E-state index is 0.623. The molecule has 140 valence electrons. The van der Waals surface area contributed by atoms with Crippen LogP contribution in [0.2, 0.25) is 0 Å². The minimum absolute atomic E-state index is 0.623. The highest BCUT2D eigenvalue weighted by molar-refractivity contribution is 5.73. The molecule has 6 nitrogen and oxygen atoms in total. The van der Waals surface area contributed by atoms with Crippen molar-refractivity contribution in [1.29, 1.82) is 0 Å². The highest BCUT2D eigenvalue weighted by atomic mass is 16.5. The van der Waals surface area contributed by atoms with Crippen molar-refractivity contribution in [2.45, 2.75) is 27.2 Å². The second-order valence-electron chi connectivity index (χ2n) is 7.07. The molecule has 1 aromatic carbocycles. The van der Waals surface area contributed by atoms with Crippen LogP contribution in [0.3, 0.4) is 0 Å². The first kappa shape index (κ1) is 18.5. The fraction of sp³-hybridized carbons (Fsp3) is 0.500. The average Bonchev–Trinajstić information content (AvgIpc) is 2.62. The van der Waals surface area contributed by atoms with Gasteiger partial charge in [-0.15, -0.1) is 0 Å². The summed E-state index contributed by atoms with van der Waals surface area (Å²) in [5.41, 5.74) is 3.13. The van der Waals surface area contributed by atoms with E-state index >= 15 is 0 Å². The molecule has 0 saturated carbocycles. The summed E-state index contributed by atoms with van der Waals surface area (Å²) in [6.45, 7) is 10.7. The van der Waals surface area contributed by atoms with Crippen molar-refractivity contribution in [2.24, 2.45) is 5.92 Å². The van der Waals surface area contributed by atoms with Gasteiger partial charge < -0.3 is 20.3 Å². The van der Waals surface area contributed by atoms with E-state index in [2.05, 4.69) is 57.5 Å². The van der Waals surface area contributed by atoms with Crippen molar-refractivity contribution < 1.29 is 4.74 Å². The van der Waals surface area contributed by atoms with Crippen molar-refractivity contribution >= 4 is 23.1 Å². The third-order valence-corrected chi connectivity index (χ3v) is 4.38. The summed E-state index contributed by atoms with van der Waals surface area (Å²) in [4.78, 5) is 11.5. The van der Waals surface area contributed by atoms with E-state index in [9.17, 15) is 0 Å². The summed E-state index contributed by atoms with van der Waals surface area (Å²) in [5.74, 6) is 2.16. The lowest BCUT2D eigenvalue weighted by Gasteiger charge is -2.30. The van der Waals surface area contributed by atoms with E-state index in [1.807, 2.05) is 19.1 Å². The Morgan fingerprint density at radius 1 is 1.15 bits per heavy atom. The van der Waals surface area contributed by atoms with Gasteiger partial charge in [0.25, 0.3) is 0 Å². The lowest BCUT2D eigenvalue weighted by atomic mass is 10.1. The summed E-state index contributed by atoms with van der Waals surface area (Å²) in [5, 5.41) is 6.81. The van der Waals surface area contributed by atoms with Crippen molar-refractivity contribution in [3.8, 4) is 0 Å². The van der Waals surface area contributed by atoms with Gasteiger partial charge in [0.1, 0.15) is 5.82 Å². The predicted octanol–water partition coefficient (Wildman–Crippen LogP) is 3.82. The number of aryl methyl sites for hydroxylation is 1. The van der Waals surface area contributed by atoms with Gasteiger partial charge in [-0.2, -0.15) is 4.98 Å². The van der Waals surface area contributed by atoms with E-state index < -0.39 is 0 Å². The maximum absolute atomic E-state index is 5.47. The van der Waals surface area contributed by atoms with E-state index in [0.717, 1.165) is 62.2 Å². The molecule has 1 saturated heterocycles. The van der Waals surface area contributed by atoms with Gasteiger partial charge in [0.05, 0.1) is 24.6 Å². The third kappa shape index (κ3) is 5.08. The smallest absolute Gasteiger partial charge is 0.229 e. The topological polar surface area (TPSA) is 62.3 Å². The Kier molecular flexibility index (Phi) is 6.28. The molecule has 1 fully saturated rings. The lowest BCUT2D eigenvalue weighted by molar-refractivity contribution is 0.123. The molecule has 1 aliphatic heterocycles. The SMILES string of the molecule is Cc1cc(NCCC(C)C)nc(Nc2ccccc2N2CCOCC2)n1. The first-order valence-corrected chi connectivity index (χ1v) is 9.40. The maximum Gasteiger partial charge on any atom is 0.229 e. The van der Waals surface area contributed by atoms with Gasteiger partial charge in [0.2, 0.25) is 5.95 Å². The number of nitrogens with one attached hydrogen (secondary N) is 2. The second kappa shape index (κ2) is 8.85. The normalized spacial score (nSPS) is 14.5. The third-order valence-electron chi connectivity index (χ3n) is 4.38. The van der Waals surface area contributed by atoms with Crippen LogP contribution in [0, 0.1) is 12.8 Å². The molecule has 6 heteroatoms. The summed E-state index contributed by atoms with van der Waals surface area (Å²) in [7, 11) is 0. The average molecular weight is 355 g/mol. The zero-order valence-electron chi connectivity index (χ0n) is 16.0. The largest absolute Gasteiger partial charge is 0.378 e. The van der Waals surface area contributed by atoms with Crippen LogP contribution < -0.4 is 15.5 Å². The first-order valence-electron chi connectivity index (χ1n) is 9.40. The number of rotatable bonds is 7. The van der Waals surface area contributed by atoms with Gasteiger partial charge in [-0.1, -0.05) is 26.0 Å². The monoisotopic (exact) mass is 355 g/mol. The summed E-state index contributed by atoms with van der Waals surface area (Å²) >= 11 is 0. The maximum atomic E-state index is 5.47. The molecule has 0 radical (unpaired) electrons. The Bertz CT molecular complexity index is 713. The lowest BCUT2D eigenvalue weighted by Crippen LogP contribution is -2.36. The summed E-state index contributed by atoms with van der Waals surface area (Å²) in [6.07, 6.45) is 1.12. The Morgan fingerprint density at radius 3 is 2.69 bits per heavy atom. The van der Waals surface area contributed by atoms with Gasteiger partial charge in [-0.3, -0.25) is 0 Å². The summed E-state index contributed by atoms with van der Waals surface area (Å²) in [6, 6.07) is 10.3. The standard InChI is InChI=1S/C20H29N5O/c1-15(2)8-9-21-19-14-16(3)22-20(24-19)23-17-6-4-5-7-18(17)25-10-12-26-13-11-25/h4-7,14-15H,8-13H2,1-3H3,(H2,21,22,23,24). The number of ether oxygens (including phenoxy) is 1. The molecule has 0 bridgehead atoms. The van der Waals surface area contributed by atoms with E-state index in [1.165, 1.54) is 0 Å². The van der Waals surface area contributed by atoms with E-state index in [1.54, 1.807) is 0 Å². The molecule has 3 rings (SSSR count). The fourth-order valence-electron chi connectivity index (χ4n) is 2.98. The first-order chi connectivity index (χ1) is 12.6. The molecule has 1 aromatic heterocycles. The number of morpholine rings is 1. The quantitative estimate of drug-likeness (QED) is 0.787. The number of anilines is 4. The molecule has 0 spiro atoms. The molecule has 0 amide bonds. The molecular formula is C20H29N5O. The highest BCUT2D eigenvalue weighted by Crippen LogP contribution is 2.28. The van der Waals surface area contributed by atoms with Crippen molar-refractivity contribution in [3.05, 3.63) is 36.0 Å². The molecule has 26 heavy (non-hydrogen) atoms. The van der Waals surface area contributed by atoms with Crippen LogP contribution in [-0.2, 0) is 4.74 Å². The van der Waals surface area contributed by atoms with E-state index in [-0.39, 0.29) is 0 Å². The minimum Gasteiger partial charge on any atom is -0.378 e. The van der Waals surface area contributed by atoms with Crippen molar-refractivity contribution in [1.82, 2.24) is 9.97 Å². The van der Waals surface area contributed by atoms with Crippen LogP contribution in [0.25, 0.3) is 0 Å². The van der Waals surface area contributed by atoms with E-state index in [4.69, 9.17) is 4.74 Å². The highest BCUT2D eigenvalue weighted by Gasteiger charge is 2.15. The number of aromatic nitrogens is 2. The van der Waals surface area contributed by atoms with Gasteiger partial charge in [-0.05, 0) is 31.4 Å². The zero-order chi connectivity index (χ0) is 18.4. The summed E-state index contributed by atoms with van der Waals surface area (Å²) < 4.78 is 5.47. The molecule has 2 aromatic rings. The van der Waals surface area contributed by atoms with Crippen LogP contribution in [0.15, 0.2) is 30.3 Å². The molecule has 0 aliphatic carbocycles. The Labute approximate surface area is 156 Å². The van der Waals surface area contributed by atoms with Crippen LogP contribution in [0.1, 0.15) is 26.0 Å².